The van der Waals surface area contributed by atoms with Crippen LogP contribution in [0, 0.1) is 37.5 Å². The van der Waals surface area contributed by atoms with Crippen LogP contribution < -0.4 is 0 Å². The zero-order valence-corrected chi connectivity index (χ0v) is 16.1. The molecule has 0 saturated heterocycles. The Morgan fingerprint density at radius 3 is 1.21 bits per heavy atom. The lowest BCUT2D eigenvalue weighted by molar-refractivity contribution is 1.46. The van der Waals surface area contributed by atoms with E-state index in [0.717, 1.165) is 33.0 Å². The first-order valence-corrected chi connectivity index (χ1v) is 9.38. The molecule has 4 rings (SSSR count). The Hall–Kier alpha value is -3.74. The molecule has 0 radical (unpaired) electrons. The molecule has 0 aromatic heterocycles. The fourth-order valence-corrected chi connectivity index (χ4v) is 3.08. The Balaban J connectivity index is 1.73. The quantitative estimate of drug-likeness (QED) is 0.326. The predicted molar refractivity (Wildman–Crippen MR) is 118 cm³/mol. The van der Waals surface area contributed by atoms with Gasteiger partial charge in [0.05, 0.1) is 0 Å². The van der Waals surface area contributed by atoms with Crippen molar-refractivity contribution in [3.05, 3.63) is 118 Å². The molecule has 4 aromatic rings. The minimum absolute atomic E-state index is 1.03. The Bertz CT molecular complexity index is 1150. The average Bonchev–Trinajstić information content (AvgIpc) is 2.73. The van der Waals surface area contributed by atoms with Crippen LogP contribution >= 0.6 is 0 Å². The summed E-state index contributed by atoms with van der Waals surface area (Å²) >= 11 is 0. The molecule has 0 heteroatoms. The van der Waals surface area contributed by atoms with Crippen LogP contribution in [0.3, 0.4) is 0 Å². The number of hydrogen-bond acceptors (Lipinski definition) is 0. The molecule has 0 amide bonds. The second kappa shape index (κ2) is 7.87. The first-order chi connectivity index (χ1) is 13.7. The van der Waals surface area contributed by atoms with E-state index in [1.807, 2.05) is 0 Å². The van der Waals surface area contributed by atoms with Gasteiger partial charge in [0.25, 0.3) is 0 Å². The van der Waals surface area contributed by atoms with Crippen molar-refractivity contribution in [2.45, 2.75) is 13.8 Å². The van der Waals surface area contributed by atoms with Crippen LogP contribution in [0.4, 0.5) is 0 Å². The van der Waals surface area contributed by atoms with E-state index in [-0.39, 0.29) is 0 Å². The van der Waals surface area contributed by atoms with Gasteiger partial charge in [-0.2, -0.15) is 0 Å². The Kier molecular flexibility index (Phi) is 4.97. The second-order valence-electron chi connectivity index (χ2n) is 6.94. The van der Waals surface area contributed by atoms with Gasteiger partial charge >= 0.3 is 0 Å². The van der Waals surface area contributed by atoms with Gasteiger partial charge in [0, 0.05) is 22.3 Å². The average molecular weight is 356 g/mol. The molecule has 0 fully saturated rings. The Morgan fingerprint density at radius 1 is 0.429 bits per heavy atom. The van der Waals surface area contributed by atoms with Gasteiger partial charge in [-0.25, -0.2) is 0 Å². The van der Waals surface area contributed by atoms with E-state index in [1.165, 1.54) is 11.1 Å². The molecular weight excluding hydrogens is 336 g/mol. The number of benzene rings is 4. The molecular formula is C28H20. The van der Waals surface area contributed by atoms with Crippen molar-refractivity contribution in [3.8, 4) is 23.7 Å². The van der Waals surface area contributed by atoms with E-state index in [2.05, 4.69) is 122 Å². The van der Waals surface area contributed by atoms with Crippen molar-refractivity contribution in [2.24, 2.45) is 0 Å². The van der Waals surface area contributed by atoms with Gasteiger partial charge in [-0.1, -0.05) is 83.3 Å². The molecule has 0 bridgehead atoms. The van der Waals surface area contributed by atoms with Crippen molar-refractivity contribution in [1.82, 2.24) is 0 Å². The van der Waals surface area contributed by atoms with Gasteiger partial charge < -0.3 is 0 Å². The van der Waals surface area contributed by atoms with Crippen LogP contribution in [-0.4, -0.2) is 0 Å². The van der Waals surface area contributed by atoms with Crippen LogP contribution in [0.2, 0.25) is 0 Å². The van der Waals surface area contributed by atoms with Crippen molar-refractivity contribution < 1.29 is 0 Å². The number of hydrogen-bond donors (Lipinski definition) is 0. The van der Waals surface area contributed by atoms with Crippen LogP contribution in [-0.2, 0) is 0 Å². The Labute approximate surface area is 166 Å². The van der Waals surface area contributed by atoms with Crippen LogP contribution in [0.25, 0.3) is 10.8 Å². The summed E-state index contributed by atoms with van der Waals surface area (Å²) in [7, 11) is 0. The minimum Gasteiger partial charge on any atom is -0.0616 e. The summed E-state index contributed by atoms with van der Waals surface area (Å²) in [6.45, 7) is 4.17. The molecule has 0 aliphatic rings. The van der Waals surface area contributed by atoms with E-state index in [0.29, 0.717) is 0 Å². The third kappa shape index (κ3) is 3.98. The molecule has 0 nitrogen and oxygen atoms in total. The fourth-order valence-electron chi connectivity index (χ4n) is 3.08. The lowest BCUT2D eigenvalue weighted by atomic mass is 10.00. The number of aryl methyl sites for hydroxylation is 2. The molecule has 28 heavy (non-hydrogen) atoms. The molecule has 0 heterocycles. The lowest BCUT2D eigenvalue weighted by Gasteiger charge is -2.03. The molecule has 0 aliphatic heterocycles. The number of rotatable bonds is 0. The van der Waals surface area contributed by atoms with Gasteiger partial charge in [0.1, 0.15) is 0 Å². The third-order valence-corrected chi connectivity index (χ3v) is 4.71. The van der Waals surface area contributed by atoms with Crippen LogP contribution in [0.5, 0.6) is 0 Å². The van der Waals surface area contributed by atoms with Gasteiger partial charge in [-0.15, -0.1) is 0 Å². The zero-order chi connectivity index (χ0) is 19.3. The lowest BCUT2D eigenvalue weighted by Crippen LogP contribution is -1.85. The highest BCUT2D eigenvalue weighted by atomic mass is 14.0. The number of fused-ring (bicyclic) bond motifs is 1. The first kappa shape index (κ1) is 17.7. The van der Waals surface area contributed by atoms with E-state index in [4.69, 9.17) is 0 Å². The zero-order valence-electron chi connectivity index (χ0n) is 16.1. The van der Waals surface area contributed by atoms with E-state index in [1.54, 1.807) is 0 Å². The largest absolute Gasteiger partial charge is 0.0616 e. The summed E-state index contributed by atoms with van der Waals surface area (Å²) in [5, 5.41) is 2.27. The first-order valence-electron chi connectivity index (χ1n) is 9.38. The summed E-state index contributed by atoms with van der Waals surface area (Å²) in [4.78, 5) is 0. The summed E-state index contributed by atoms with van der Waals surface area (Å²) < 4.78 is 0. The van der Waals surface area contributed by atoms with Gasteiger partial charge in [-0.3, -0.25) is 0 Å². The third-order valence-electron chi connectivity index (χ3n) is 4.71. The second-order valence-corrected chi connectivity index (χ2v) is 6.94. The van der Waals surface area contributed by atoms with Crippen molar-refractivity contribution in [2.75, 3.05) is 0 Å². The summed E-state index contributed by atoms with van der Waals surface area (Å²) in [5.41, 5.74) is 6.59. The maximum absolute atomic E-state index is 3.33. The normalized spacial score (nSPS) is 9.93. The fraction of sp³-hybridized carbons (Fsp3) is 0.0714. The maximum Gasteiger partial charge on any atom is 0.0327 e. The molecule has 0 saturated carbocycles. The molecule has 0 atom stereocenters. The molecule has 0 spiro atoms. The predicted octanol–water partition coefficient (Wildman–Crippen LogP) is 6.26. The van der Waals surface area contributed by atoms with E-state index in [9.17, 15) is 0 Å². The summed E-state index contributed by atoms with van der Waals surface area (Å²) in [5.74, 6) is 13.2. The van der Waals surface area contributed by atoms with Gasteiger partial charge in [-0.05, 0) is 61.0 Å². The molecule has 132 valence electrons. The highest BCUT2D eigenvalue weighted by Crippen LogP contribution is 2.22. The summed E-state index contributed by atoms with van der Waals surface area (Å²) in [6.07, 6.45) is 0. The van der Waals surface area contributed by atoms with Crippen LogP contribution in [0.15, 0.2) is 84.9 Å². The minimum atomic E-state index is 1.03. The van der Waals surface area contributed by atoms with Crippen molar-refractivity contribution in [1.29, 1.82) is 0 Å². The Morgan fingerprint density at radius 2 is 0.821 bits per heavy atom. The van der Waals surface area contributed by atoms with E-state index >= 15 is 0 Å². The molecule has 0 N–H and O–H groups in total. The smallest absolute Gasteiger partial charge is 0.0327 e. The monoisotopic (exact) mass is 356 g/mol. The van der Waals surface area contributed by atoms with Crippen LogP contribution in [0.1, 0.15) is 33.4 Å². The standard InChI is InChI=1S/C28H20/c1-21-9-13-23(14-10-21)17-19-25-5-3-8-28-26(6-4-7-27(25)28)20-18-24-15-11-22(2)12-16-24/h3-16H,1-2H3. The molecule has 0 aliphatic carbocycles. The topological polar surface area (TPSA) is 0 Å². The van der Waals surface area contributed by atoms with Gasteiger partial charge in [0.15, 0.2) is 0 Å². The highest BCUT2D eigenvalue weighted by molar-refractivity contribution is 5.92. The molecule has 4 aromatic carbocycles. The highest BCUT2D eigenvalue weighted by Gasteiger charge is 2.02. The maximum atomic E-state index is 3.33. The van der Waals surface area contributed by atoms with Gasteiger partial charge in [0.2, 0.25) is 0 Å². The molecule has 0 unspecified atom stereocenters. The van der Waals surface area contributed by atoms with Crippen molar-refractivity contribution in [3.63, 3.8) is 0 Å². The summed E-state index contributed by atoms with van der Waals surface area (Å²) in [6, 6.07) is 29.1. The SMILES string of the molecule is Cc1ccc(C#Cc2cccc3c(C#Cc4ccc(C)cc4)cccc23)cc1. The van der Waals surface area contributed by atoms with E-state index < -0.39 is 0 Å². The van der Waals surface area contributed by atoms with Crippen molar-refractivity contribution >= 4 is 10.8 Å².